The number of halogens is 1. The molecule has 1 fully saturated rings. The molecular formula is C18H22ClN3O2. The summed E-state index contributed by atoms with van der Waals surface area (Å²) >= 11 is 5.93. The average molecular weight is 348 g/mol. The summed E-state index contributed by atoms with van der Waals surface area (Å²) in [5, 5.41) is 6.34. The molecule has 1 saturated heterocycles. The van der Waals surface area contributed by atoms with E-state index in [1.807, 2.05) is 12.1 Å². The first-order valence-corrected chi connectivity index (χ1v) is 8.68. The predicted octanol–water partition coefficient (Wildman–Crippen LogP) is 4.28. The quantitative estimate of drug-likeness (QED) is 0.848. The number of carbonyl (C=O) groups excluding carboxylic acids is 1. The van der Waals surface area contributed by atoms with Crippen LogP contribution in [0.5, 0.6) is 0 Å². The van der Waals surface area contributed by atoms with E-state index in [-0.39, 0.29) is 12.1 Å². The van der Waals surface area contributed by atoms with Gasteiger partial charge in [-0.2, -0.15) is 0 Å². The van der Waals surface area contributed by atoms with Gasteiger partial charge >= 0.3 is 6.03 Å². The number of carbonyl (C=O) groups is 1. The van der Waals surface area contributed by atoms with Crippen molar-refractivity contribution >= 4 is 23.3 Å². The first kappa shape index (κ1) is 16.9. The Hall–Kier alpha value is -1.98. The molecule has 0 radical (unpaired) electrons. The second kappa shape index (κ2) is 8.22. The molecule has 24 heavy (non-hydrogen) atoms. The Labute approximate surface area is 147 Å². The van der Waals surface area contributed by atoms with Crippen LogP contribution in [0.1, 0.15) is 31.1 Å². The molecule has 1 atom stereocenters. The van der Waals surface area contributed by atoms with Gasteiger partial charge < -0.3 is 15.1 Å². The minimum absolute atomic E-state index is 0.0606. The molecule has 0 bridgehead atoms. The van der Waals surface area contributed by atoms with Gasteiger partial charge in [0, 0.05) is 17.3 Å². The Morgan fingerprint density at radius 1 is 1.21 bits per heavy atom. The van der Waals surface area contributed by atoms with Crippen molar-refractivity contribution in [3.05, 3.63) is 53.4 Å². The number of anilines is 1. The highest BCUT2D eigenvalue weighted by Crippen LogP contribution is 2.24. The van der Waals surface area contributed by atoms with Crippen LogP contribution in [0.25, 0.3) is 0 Å². The van der Waals surface area contributed by atoms with E-state index in [9.17, 15) is 4.79 Å². The largest absolute Gasteiger partial charge is 0.468 e. The van der Waals surface area contributed by atoms with E-state index in [2.05, 4.69) is 15.5 Å². The zero-order valence-corrected chi connectivity index (χ0v) is 14.3. The Morgan fingerprint density at radius 2 is 2.04 bits per heavy atom. The average Bonchev–Trinajstić information content (AvgIpc) is 3.10. The van der Waals surface area contributed by atoms with Crippen LogP contribution in [0.4, 0.5) is 10.5 Å². The number of nitrogens with one attached hydrogen (secondary N) is 2. The number of hydrogen-bond donors (Lipinski definition) is 2. The van der Waals surface area contributed by atoms with Crippen LogP contribution in [0, 0.1) is 0 Å². The molecule has 0 saturated carbocycles. The van der Waals surface area contributed by atoms with Gasteiger partial charge in [0.25, 0.3) is 0 Å². The van der Waals surface area contributed by atoms with Crippen LogP contribution in [-0.2, 0) is 0 Å². The molecule has 1 aliphatic heterocycles. The summed E-state index contributed by atoms with van der Waals surface area (Å²) in [4.78, 5) is 14.5. The Bertz CT molecular complexity index is 654. The minimum atomic E-state index is -0.245. The summed E-state index contributed by atoms with van der Waals surface area (Å²) in [5.41, 5.74) is 0.674. The maximum Gasteiger partial charge on any atom is 0.319 e. The molecule has 1 aliphatic rings. The van der Waals surface area contributed by atoms with Gasteiger partial charge in [0.05, 0.1) is 12.3 Å². The SMILES string of the molecule is O=C(NCC(c1ccco1)N1CCCCC1)Nc1cccc(Cl)c1. The smallest absolute Gasteiger partial charge is 0.319 e. The fraction of sp³-hybridized carbons (Fsp3) is 0.389. The summed E-state index contributed by atoms with van der Waals surface area (Å²) in [7, 11) is 0. The van der Waals surface area contributed by atoms with Crippen molar-refractivity contribution in [1.82, 2.24) is 10.2 Å². The van der Waals surface area contributed by atoms with Crippen molar-refractivity contribution in [2.45, 2.75) is 25.3 Å². The van der Waals surface area contributed by atoms with Crippen LogP contribution >= 0.6 is 11.6 Å². The molecule has 1 aromatic heterocycles. The summed E-state index contributed by atoms with van der Waals surface area (Å²) < 4.78 is 5.58. The van der Waals surface area contributed by atoms with E-state index in [0.29, 0.717) is 17.3 Å². The van der Waals surface area contributed by atoms with Crippen molar-refractivity contribution in [2.24, 2.45) is 0 Å². The molecule has 2 aromatic rings. The van der Waals surface area contributed by atoms with Gasteiger partial charge in [0.1, 0.15) is 5.76 Å². The van der Waals surface area contributed by atoms with Gasteiger partial charge in [0.2, 0.25) is 0 Å². The van der Waals surface area contributed by atoms with Crippen LogP contribution < -0.4 is 10.6 Å². The number of rotatable bonds is 5. The number of likely N-dealkylation sites (tertiary alicyclic amines) is 1. The van der Waals surface area contributed by atoms with Gasteiger partial charge in [0.15, 0.2) is 0 Å². The maximum atomic E-state index is 12.2. The Balaban J connectivity index is 1.59. The predicted molar refractivity (Wildman–Crippen MR) is 95.3 cm³/mol. The van der Waals surface area contributed by atoms with E-state index < -0.39 is 0 Å². The summed E-state index contributed by atoms with van der Waals surface area (Å²) in [6, 6.07) is 10.8. The molecule has 128 valence electrons. The number of benzene rings is 1. The highest BCUT2D eigenvalue weighted by atomic mass is 35.5. The van der Waals surface area contributed by atoms with Crippen molar-refractivity contribution in [3.8, 4) is 0 Å². The molecule has 1 aromatic carbocycles. The van der Waals surface area contributed by atoms with Crippen molar-refractivity contribution in [1.29, 1.82) is 0 Å². The number of amides is 2. The van der Waals surface area contributed by atoms with Crippen LogP contribution in [0.3, 0.4) is 0 Å². The first-order valence-electron chi connectivity index (χ1n) is 8.30. The lowest BCUT2D eigenvalue weighted by molar-refractivity contribution is 0.144. The normalized spacial score (nSPS) is 16.5. The third-order valence-electron chi connectivity index (χ3n) is 4.24. The number of urea groups is 1. The van der Waals surface area contributed by atoms with Crippen molar-refractivity contribution in [3.63, 3.8) is 0 Å². The Morgan fingerprint density at radius 3 is 2.75 bits per heavy atom. The first-order chi connectivity index (χ1) is 11.7. The van der Waals surface area contributed by atoms with E-state index in [1.165, 1.54) is 19.3 Å². The second-order valence-corrected chi connectivity index (χ2v) is 6.41. The van der Waals surface area contributed by atoms with Crippen LogP contribution in [0.2, 0.25) is 5.02 Å². The molecule has 5 nitrogen and oxygen atoms in total. The van der Waals surface area contributed by atoms with Gasteiger partial charge in [-0.3, -0.25) is 4.90 Å². The zero-order valence-electron chi connectivity index (χ0n) is 13.5. The number of nitrogens with zero attached hydrogens (tertiary/aromatic N) is 1. The topological polar surface area (TPSA) is 57.5 Å². The summed E-state index contributed by atoms with van der Waals surface area (Å²) in [6.45, 7) is 2.56. The number of hydrogen-bond acceptors (Lipinski definition) is 3. The highest BCUT2D eigenvalue weighted by Gasteiger charge is 2.24. The van der Waals surface area contributed by atoms with E-state index >= 15 is 0 Å². The van der Waals surface area contributed by atoms with E-state index in [1.54, 1.807) is 30.5 Å². The minimum Gasteiger partial charge on any atom is -0.468 e. The van der Waals surface area contributed by atoms with Crippen molar-refractivity contribution < 1.29 is 9.21 Å². The van der Waals surface area contributed by atoms with Gasteiger partial charge in [-0.25, -0.2) is 4.79 Å². The van der Waals surface area contributed by atoms with Crippen molar-refractivity contribution in [2.75, 3.05) is 25.0 Å². The maximum absolute atomic E-state index is 12.2. The summed E-state index contributed by atoms with van der Waals surface area (Å²) in [5.74, 6) is 0.889. The fourth-order valence-corrected chi connectivity index (χ4v) is 3.24. The van der Waals surface area contributed by atoms with E-state index in [0.717, 1.165) is 18.8 Å². The molecule has 3 rings (SSSR count). The molecule has 0 aliphatic carbocycles. The fourth-order valence-electron chi connectivity index (χ4n) is 3.05. The lowest BCUT2D eigenvalue weighted by Gasteiger charge is -2.33. The second-order valence-electron chi connectivity index (χ2n) is 5.97. The monoisotopic (exact) mass is 347 g/mol. The zero-order chi connectivity index (χ0) is 16.8. The standard InChI is InChI=1S/C18H22ClN3O2/c19-14-6-4-7-15(12-14)21-18(23)20-13-16(17-8-5-11-24-17)22-9-2-1-3-10-22/h4-8,11-12,16H,1-3,9-10,13H2,(H2,20,21,23). The Kier molecular flexibility index (Phi) is 5.77. The van der Waals surface area contributed by atoms with E-state index in [4.69, 9.17) is 16.0 Å². The third kappa shape index (κ3) is 4.52. The number of furan rings is 1. The molecule has 2 N–H and O–H groups in total. The van der Waals surface area contributed by atoms with Gasteiger partial charge in [-0.1, -0.05) is 24.1 Å². The third-order valence-corrected chi connectivity index (χ3v) is 4.48. The molecule has 2 amide bonds. The van der Waals surface area contributed by atoms with Gasteiger partial charge in [-0.05, 0) is 56.3 Å². The molecule has 0 spiro atoms. The highest BCUT2D eigenvalue weighted by molar-refractivity contribution is 6.30. The molecule has 2 heterocycles. The van der Waals surface area contributed by atoms with Gasteiger partial charge in [-0.15, -0.1) is 0 Å². The lowest BCUT2D eigenvalue weighted by atomic mass is 10.1. The molecule has 1 unspecified atom stereocenters. The lowest BCUT2D eigenvalue weighted by Crippen LogP contribution is -2.41. The van der Waals surface area contributed by atoms with Crippen LogP contribution in [-0.4, -0.2) is 30.6 Å². The number of piperidine rings is 1. The summed E-state index contributed by atoms with van der Waals surface area (Å²) in [6.07, 6.45) is 5.32. The molecule has 6 heteroatoms. The van der Waals surface area contributed by atoms with Crippen LogP contribution in [0.15, 0.2) is 47.1 Å². The molecular weight excluding hydrogens is 326 g/mol.